The summed E-state index contributed by atoms with van der Waals surface area (Å²) < 4.78 is 5.10. The van der Waals surface area contributed by atoms with Gasteiger partial charge in [-0.15, -0.1) is 0 Å². The quantitative estimate of drug-likeness (QED) is 0.897. The van der Waals surface area contributed by atoms with Crippen LogP contribution in [-0.2, 0) is 6.54 Å². The van der Waals surface area contributed by atoms with E-state index in [0.717, 1.165) is 28.3 Å². The van der Waals surface area contributed by atoms with E-state index < -0.39 is 0 Å². The number of rotatable bonds is 3. The zero-order valence-electron chi connectivity index (χ0n) is 10.7. The summed E-state index contributed by atoms with van der Waals surface area (Å²) in [7, 11) is 0. The van der Waals surface area contributed by atoms with E-state index in [-0.39, 0.29) is 0 Å². The summed E-state index contributed by atoms with van der Waals surface area (Å²) in [5.41, 5.74) is 4.49. The normalized spacial score (nSPS) is 10.1. The number of nitriles is 1. The van der Waals surface area contributed by atoms with Crippen molar-refractivity contribution >= 4 is 5.69 Å². The van der Waals surface area contributed by atoms with Crippen molar-refractivity contribution in [2.24, 2.45) is 0 Å². The lowest BCUT2D eigenvalue weighted by molar-refractivity contribution is 0.392. The molecule has 0 atom stereocenters. The minimum atomic E-state index is 0.610. The van der Waals surface area contributed by atoms with E-state index >= 15 is 0 Å². The molecule has 0 saturated heterocycles. The maximum Gasteiger partial charge on any atom is 0.138 e. The van der Waals surface area contributed by atoms with Gasteiger partial charge in [0.25, 0.3) is 0 Å². The molecular weight excluding hydrogens is 226 g/mol. The highest BCUT2D eigenvalue weighted by Gasteiger charge is 2.09. The highest BCUT2D eigenvalue weighted by Crippen LogP contribution is 2.19. The topological polar surface area (TPSA) is 61.9 Å². The fourth-order valence-electron chi connectivity index (χ4n) is 1.84. The van der Waals surface area contributed by atoms with Crippen LogP contribution in [0, 0.1) is 32.1 Å². The minimum absolute atomic E-state index is 0.610. The van der Waals surface area contributed by atoms with E-state index in [9.17, 15) is 0 Å². The summed E-state index contributed by atoms with van der Waals surface area (Å²) in [5.74, 6) is 0.811. The number of nitrogens with one attached hydrogen (secondary N) is 1. The molecule has 0 aliphatic heterocycles. The van der Waals surface area contributed by atoms with Gasteiger partial charge in [0.2, 0.25) is 0 Å². The lowest BCUT2D eigenvalue weighted by atomic mass is 10.1. The second kappa shape index (κ2) is 4.92. The molecule has 18 heavy (non-hydrogen) atoms. The van der Waals surface area contributed by atoms with Crippen LogP contribution >= 0.6 is 0 Å². The van der Waals surface area contributed by atoms with Crippen LogP contribution in [-0.4, -0.2) is 5.16 Å². The average molecular weight is 241 g/mol. The summed E-state index contributed by atoms with van der Waals surface area (Å²) in [6.07, 6.45) is 0. The molecule has 1 aromatic heterocycles. The molecule has 2 aromatic rings. The molecule has 0 aliphatic carbocycles. The van der Waals surface area contributed by atoms with Crippen molar-refractivity contribution in [1.29, 1.82) is 5.26 Å². The molecule has 1 heterocycles. The molecular formula is C14H15N3O. The second-order valence-corrected chi connectivity index (χ2v) is 4.32. The molecule has 0 radical (unpaired) electrons. The first-order valence-electron chi connectivity index (χ1n) is 5.78. The number of anilines is 1. The Balaban J connectivity index is 2.19. The first-order chi connectivity index (χ1) is 8.61. The number of hydrogen-bond donors (Lipinski definition) is 1. The van der Waals surface area contributed by atoms with Gasteiger partial charge in [0.1, 0.15) is 11.8 Å². The molecule has 0 saturated carbocycles. The fraction of sp³-hybridized carbons (Fsp3) is 0.286. The van der Waals surface area contributed by atoms with Crippen molar-refractivity contribution in [3.63, 3.8) is 0 Å². The third-order valence-corrected chi connectivity index (χ3v) is 2.93. The van der Waals surface area contributed by atoms with Gasteiger partial charge in [-0.05, 0) is 38.5 Å². The maximum atomic E-state index is 9.09. The van der Waals surface area contributed by atoms with E-state index in [1.807, 2.05) is 39.0 Å². The molecule has 0 amide bonds. The highest BCUT2D eigenvalue weighted by molar-refractivity contribution is 5.58. The highest BCUT2D eigenvalue weighted by atomic mass is 16.5. The number of nitrogens with zero attached hydrogens (tertiary/aromatic N) is 2. The molecule has 0 bridgehead atoms. The molecule has 0 spiro atoms. The molecule has 2 rings (SSSR count). The van der Waals surface area contributed by atoms with Crippen LogP contribution in [0.3, 0.4) is 0 Å². The van der Waals surface area contributed by atoms with Crippen LogP contribution in [0.1, 0.15) is 28.1 Å². The van der Waals surface area contributed by atoms with E-state index in [1.165, 1.54) is 0 Å². The van der Waals surface area contributed by atoms with E-state index in [4.69, 9.17) is 9.78 Å². The number of benzene rings is 1. The lowest BCUT2D eigenvalue weighted by Gasteiger charge is -2.08. The summed E-state index contributed by atoms with van der Waals surface area (Å²) in [5, 5.41) is 16.2. The minimum Gasteiger partial charge on any atom is -0.380 e. The fourth-order valence-corrected chi connectivity index (χ4v) is 1.84. The van der Waals surface area contributed by atoms with Gasteiger partial charge in [0, 0.05) is 12.1 Å². The van der Waals surface area contributed by atoms with Crippen molar-refractivity contribution in [3.8, 4) is 6.07 Å². The summed E-state index contributed by atoms with van der Waals surface area (Å²) >= 11 is 0. The Morgan fingerprint density at radius 3 is 2.72 bits per heavy atom. The molecule has 0 aliphatic rings. The molecule has 92 valence electrons. The monoisotopic (exact) mass is 241 g/mol. The number of hydrogen-bond acceptors (Lipinski definition) is 4. The smallest absolute Gasteiger partial charge is 0.138 e. The molecule has 1 aromatic carbocycles. The van der Waals surface area contributed by atoms with E-state index in [1.54, 1.807) is 0 Å². The third-order valence-electron chi connectivity index (χ3n) is 2.93. The average Bonchev–Trinajstić information content (AvgIpc) is 2.68. The van der Waals surface area contributed by atoms with Gasteiger partial charge in [-0.25, -0.2) is 0 Å². The largest absolute Gasteiger partial charge is 0.380 e. The van der Waals surface area contributed by atoms with Gasteiger partial charge in [-0.2, -0.15) is 5.26 Å². The van der Waals surface area contributed by atoms with Gasteiger partial charge < -0.3 is 9.84 Å². The van der Waals surface area contributed by atoms with Crippen LogP contribution in [0.5, 0.6) is 0 Å². The maximum absolute atomic E-state index is 9.09. The van der Waals surface area contributed by atoms with Crippen molar-refractivity contribution < 1.29 is 4.52 Å². The summed E-state index contributed by atoms with van der Waals surface area (Å²) in [6, 6.07) is 7.97. The van der Waals surface area contributed by atoms with E-state index in [2.05, 4.69) is 16.5 Å². The molecule has 0 unspecified atom stereocenters. The van der Waals surface area contributed by atoms with Crippen molar-refractivity contribution in [2.75, 3.05) is 5.32 Å². The van der Waals surface area contributed by atoms with Gasteiger partial charge >= 0.3 is 0 Å². The van der Waals surface area contributed by atoms with Gasteiger partial charge in [0.15, 0.2) is 0 Å². The predicted octanol–water partition coefficient (Wildman–Crippen LogP) is 3.08. The Kier molecular flexibility index (Phi) is 3.33. The van der Waals surface area contributed by atoms with Crippen LogP contribution in [0.2, 0.25) is 0 Å². The Morgan fingerprint density at radius 2 is 2.11 bits per heavy atom. The Hall–Kier alpha value is -2.28. The third kappa shape index (κ3) is 2.35. The predicted molar refractivity (Wildman–Crippen MR) is 69.2 cm³/mol. The number of aryl methyl sites for hydroxylation is 3. The van der Waals surface area contributed by atoms with Crippen molar-refractivity contribution in [1.82, 2.24) is 5.16 Å². The van der Waals surface area contributed by atoms with Crippen molar-refractivity contribution in [3.05, 3.63) is 46.3 Å². The zero-order chi connectivity index (χ0) is 13.1. The van der Waals surface area contributed by atoms with Crippen LogP contribution in [0.15, 0.2) is 22.7 Å². The number of aromatic nitrogens is 1. The molecule has 0 fully saturated rings. The van der Waals surface area contributed by atoms with Gasteiger partial charge in [0.05, 0.1) is 16.9 Å². The van der Waals surface area contributed by atoms with Gasteiger partial charge in [-0.1, -0.05) is 11.2 Å². The van der Waals surface area contributed by atoms with Crippen LogP contribution < -0.4 is 5.32 Å². The summed E-state index contributed by atoms with van der Waals surface area (Å²) in [4.78, 5) is 0. The van der Waals surface area contributed by atoms with E-state index in [0.29, 0.717) is 12.1 Å². The summed E-state index contributed by atoms with van der Waals surface area (Å²) in [6.45, 7) is 6.38. The second-order valence-electron chi connectivity index (χ2n) is 4.32. The standard InChI is InChI=1S/C14H15N3O/c1-9-4-5-14(12(6-9)7-15)16-8-13-10(2)17-18-11(13)3/h4-6,16H,8H2,1-3H3. The Morgan fingerprint density at radius 1 is 1.33 bits per heavy atom. The first kappa shape index (κ1) is 12.2. The zero-order valence-corrected chi connectivity index (χ0v) is 10.7. The molecule has 1 N–H and O–H groups in total. The van der Waals surface area contributed by atoms with Crippen molar-refractivity contribution in [2.45, 2.75) is 27.3 Å². The first-order valence-corrected chi connectivity index (χ1v) is 5.78. The SMILES string of the molecule is Cc1ccc(NCc2c(C)noc2C)c(C#N)c1. The Bertz CT molecular complexity index is 588. The lowest BCUT2D eigenvalue weighted by Crippen LogP contribution is -2.03. The van der Waals surface area contributed by atoms with Crippen LogP contribution in [0.25, 0.3) is 0 Å². The Labute approximate surface area is 106 Å². The molecule has 4 nitrogen and oxygen atoms in total. The van der Waals surface area contributed by atoms with Gasteiger partial charge in [-0.3, -0.25) is 0 Å². The molecule has 4 heteroatoms. The van der Waals surface area contributed by atoms with Crippen LogP contribution in [0.4, 0.5) is 5.69 Å².